The maximum Gasteiger partial charge on any atom is 0.343 e. The zero-order valence-corrected chi connectivity index (χ0v) is 11.4. The van der Waals surface area contributed by atoms with Gasteiger partial charge in [0.25, 0.3) is 0 Å². The predicted molar refractivity (Wildman–Crippen MR) is 75.8 cm³/mol. The first kappa shape index (κ1) is 14.3. The lowest BCUT2D eigenvalue weighted by Gasteiger charge is -2.10. The van der Waals surface area contributed by atoms with Crippen LogP contribution in [-0.2, 0) is 4.74 Å². The molecule has 0 aliphatic heterocycles. The van der Waals surface area contributed by atoms with Crippen molar-refractivity contribution in [1.29, 1.82) is 5.26 Å². The molecule has 1 aromatic carbocycles. The van der Waals surface area contributed by atoms with E-state index < -0.39 is 5.97 Å². The molecule has 6 nitrogen and oxygen atoms in total. The number of nitrogen functional groups attached to an aromatic ring is 1. The summed E-state index contributed by atoms with van der Waals surface area (Å²) in [6, 6.07) is 9.77. The minimum atomic E-state index is -0.533. The summed E-state index contributed by atoms with van der Waals surface area (Å²) >= 11 is 0. The van der Waals surface area contributed by atoms with Crippen molar-refractivity contribution in [2.24, 2.45) is 0 Å². The Kier molecular flexibility index (Phi) is 4.36. The normalized spacial score (nSPS) is 9.71. The Morgan fingerprint density at radius 2 is 2.24 bits per heavy atom. The summed E-state index contributed by atoms with van der Waals surface area (Å²) in [7, 11) is 0. The molecule has 2 rings (SSSR count). The molecule has 2 aromatic rings. The summed E-state index contributed by atoms with van der Waals surface area (Å²) in [4.78, 5) is 15.8. The standard InChI is InChI=1S/C15H13N3O3/c1-2-20-15(19)12-4-3-7-18-14(12)21-13-6-5-11(17)8-10(13)9-16/h3-8H,2,17H2,1H3. The summed E-state index contributed by atoms with van der Waals surface area (Å²) in [5.74, 6) is -0.178. The summed E-state index contributed by atoms with van der Waals surface area (Å²) < 4.78 is 10.5. The van der Waals surface area contributed by atoms with Gasteiger partial charge in [-0.25, -0.2) is 9.78 Å². The molecule has 1 heterocycles. The van der Waals surface area contributed by atoms with E-state index in [1.807, 2.05) is 6.07 Å². The minimum Gasteiger partial charge on any atom is -0.462 e. The Hall–Kier alpha value is -3.07. The Balaban J connectivity index is 2.37. The van der Waals surface area contributed by atoms with Gasteiger partial charge >= 0.3 is 5.97 Å². The molecule has 2 N–H and O–H groups in total. The monoisotopic (exact) mass is 283 g/mol. The van der Waals surface area contributed by atoms with Gasteiger partial charge in [-0.2, -0.15) is 5.26 Å². The molecule has 0 spiro atoms. The van der Waals surface area contributed by atoms with Gasteiger partial charge in [0.05, 0.1) is 12.2 Å². The Labute approximate surface area is 121 Å². The summed E-state index contributed by atoms with van der Waals surface area (Å²) in [6.45, 7) is 1.96. The highest BCUT2D eigenvalue weighted by atomic mass is 16.5. The van der Waals surface area contributed by atoms with Crippen LogP contribution < -0.4 is 10.5 Å². The quantitative estimate of drug-likeness (QED) is 0.683. The third kappa shape index (κ3) is 3.28. The van der Waals surface area contributed by atoms with Crippen LogP contribution in [0.1, 0.15) is 22.8 Å². The number of benzene rings is 1. The van der Waals surface area contributed by atoms with Crippen LogP contribution in [0.5, 0.6) is 11.6 Å². The van der Waals surface area contributed by atoms with Gasteiger partial charge in [0.2, 0.25) is 5.88 Å². The molecule has 1 aromatic heterocycles. The molecule has 0 atom stereocenters. The van der Waals surface area contributed by atoms with E-state index in [-0.39, 0.29) is 29.4 Å². The van der Waals surface area contributed by atoms with E-state index in [0.29, 0.717) is 5.69 Å². The summed E-state index contributed by atoms with van der Waals surface area (Å²) in [5, 5.41) is 9.09. The Bertz CT molecular complexity index is 708. The smallest absolute Gasteiger partial charge is 0.343 e. The second kappa shape index (κ2) is 6.39. The van der Waals surface area contributed by atoms with E-state index >= 15 is 0 Å². The molecular formula is C15H13N3O3. The van der Waals surface area contributed by atoms with E-state index in [1.54, 1.807) is 31.2 Å². The highest BCUT2D eigenvalue weighted by molar-refractivity contribution is 5.91. The summed E-state index contributed by atoms with van der Waals surface area (Å²) in [6.07, 6.45) is 1.49. The molecule has 106 valence electrons. The van der Waals surface area contributed by atoms with Crippen molar-refractivity contribution >= 4 is 11.7 Å². The zero-order valence-electron chi connectivity index (χ0n) is 11.4. The van der Waals surface area contributed by atoms with E-state index in [1.165, 1.54) is 12.3 Å². The lowest BCUT2D eigenvalue weighted by Crippen LogP contribution is -2.07. The third-order valence-corrected chi connectivity index (χ3v) is 2.60. The fourth-order valence-electron chi connectivity index (χ4n) is 1.66. The second-order valence-corrected chi connectivity index (χ2v) is 4.05. The number of esters is 1. The fraction of sp³-hybridized carbons (Fsp3) is 0.133. The number of rotatable bonds is 4. The zero-order chi connectivity index (χ0) is 15.2. The third-order valence-electron chi connectivity index (χ3n) is 2.60. The minimum absolute atomic E-state index is 0.0808. The predicted octanol–water partition coefficient (Wildman–Crippen LogP) is 2.50. The van der Waals surface area contributed by atoms with Crippen LogP contribution in [0.25, 0.3) is 0 Å². The van der Waals surface area contributed by atoms with E-state index in [2.05, 4.69) is 4.98 Å². The SMILES string of the molecule is CCOC(=O)c1cccnc1Oc1ccc(N)cc1C#N. The average molecular weight is 283 g/mol. The van der Waals surface area contributed by atoms with Gasteiger partial charge in [0.15, 0.2) is 0 Å². The Morgan fingerprint density at radius 1 is 1.43 bits per heavy atom. The molecule has 0 amide bonds. The molecular weight excluding hydrogens is 270 g/mol. The van der Waals surface area contributed by atoms with Crippen molar-refractivity contribution in [3.8, 4) is 17.7 Å². The van der Waals surface area contributed by atoms with Gasteiger partial charge in [0.1, 0.15) is 17.4 Å². The first-order valence-corrected chi connectivity index (χ1v) is 6.25. The molecule has 21 heavy (non-hydrogen) atoms. The molecule has 0 aliphatic carbocycles. The van der Waals surface area contributed by atoms with Gasteiger partial charge in [-0.15, -0.1) is 0 Å². The van der Waals surface area contributed by atoms with E-state index in [9.17, 15) is 4.79 Å². The van der Waals surface area contributed by atoms with Gasteiger partial charge < -0.3 is 15.2 Å². The number of hydrogen-bond acceptors (Lipinski definition) is 6. The van der Waals surface area contributed by atoms with Crippen LogP contribution in [0.2, 0.25) is 0 Å². The maximum absolute atomic E-state index is 11.8. The van der Waals surface area contributed by atoms with Crippen LogP contribution in [-0.4, -0.2) is 17.6 Å². The van der Waals surface area contributed by atoms with Crippen molar-refractivity contribution in [3.05, 3.63) is 47.7 Å². The number of ether oxygens (including phenoxy) is 2. The largest absolute Gasteiger partial charge is 0.462 e. The number of pyridine rings is 1. The average Bonchev–Trinajstić information content (AvgIpc) is 2.49. The van der Waals surface area contributed by atoms with Crippen molar-refractivity contribution in [2.45, 2.75) is 6.92 Å². The number of nitrogens with zero attached hydrogens (tertiary/aromatic N) is 2. The molecule has 0 aliphatic rings. The molecule has 0 bridgehead atoms. The van der Waals surface area contributed by atoms with Crippen LogP contribution in [0.4, 0.5) is 5.69 Å². The number of carbonyl (C=O) groups is 1. The molecule has 6 heteroatoms. The first-order chi connectivity index (χ1) is 10.2. The van der Waals surface area contributed by atoms with Crippen LogP contribution in [0.3, 0.4) is 0 Å². The van der Waals surface area contributed by atoms with E-state index in [4.69, 9.17) is 20.5 Å². The van der Waals surface area contributed by atoms with Gasteiger partial charge in [-0.3, -0.25) is 0 Å². The van der Waals surface area contributed by atoms with Gasteiger partial charge in [-0.1, -0.05) is 0 Å². The number of nitriles is 1. The molecule has 0 saturated carbocycles. The van der Waals surface area contributed by atoms with Crippen molar-refractivity contribution in [3.63, 3.8) is 0 Å². The van der Waals surface area contributed by atoms with Crippen molar-refractivity contribution < 1.29 is 14.3 Å². The van der Waals surface area contributed by atoms with E-state index in [0.717, 1.165) is 0 Å². The lowest BCUT2D eigenvalue weighted by molar-refractivity contribution is 0.0522. The van der Waals surface area contributed by atoms with Crippen LogP contribution >= 0.6 is 0 Å². The van der Waals surface area contributed by atoms with Gasteiger partial charge in [-0.05, 0) is 37.3 Å². The van der Waals surface area contributed by atoms with Crippen molar-refractivity contribution in [1.82, 2.24) is 4.98 Å². The number of nitrogens with two attached hydrogens (primary N) is 1. The number of anilines is 1. The molecule has 0 unspecified atom stereocenters. The number of carbonyl (C=O) groups excluding carboxylic acids is 1. The van der Waals surface area contributed by atoms with Crippen LogP contribution in [0.15, 0.2) is 36.5 Å². The summed E-state index contributed by atoms with van der Waals surface area (Å²) in [5.41, 5.74) is 6.52. The second-order valence-electron chi connectivity index (χ2n) is 4.05. The molecule has 0 radical (unpaired) electrons. The van der Waals surface area contributed by atoms with Crippen LogP contribution in [0, 0.1) is 11.3 Å². The number of aromatic nitrogens is 1. The number of hydrogen-bond donors (Lipinski definition) is 1. The lowest BCUT2D eigenvalue weighted by atomic mass is 10.2. The van der Waals surface area contributed by atoms with Crippen molar-refractivity contribution in [2.75, 3.05) is 12.3 Å². The highest BCUT2D eigenvalue weighted by Gasteiger charge is 2.16. The highest BCUT2D eigenvalue weighted by Crippen LogP contribution is 2.27. The molecule has 0 saturated heterocycles. The Morgan fingerprint density at radius 3 is 2.95 bits per heavy atom. The van der Waals surface area contributed by atoms with Gasteiger partial charge in [0, 0.05) is 11.9 Å². The maximum atomic E-state index is 11.8. The molecule has 0 fully saturated rings. The topological polar surface area (TPSA) is 98.2 Å². The fourth-order valence-corrected chi connectivity index (χ4v) is 1.66. The first-order valence-electron chi connectivity index (χ1n) is 6.25.